The van der Waals surface area contributed by atoms with Crippen LogP contribution < -0.4 is 4.74 Å². The molecule has 112 valence electrons. The molecule has 0 unspecified atom stereocenters. The molecule has 1 aromatic rings. The van der Waals surface area contributed by atoms with Crippen molar-refractivity contribution in [3.8, 4) is 5.75 Å². The number of nitrogens with zero attached hydrogens (tertiary/aromatic N) is 2. The van der Waals surface area contributed by atoms with Crippen molar-refractivity contribution in [2.45, 2.75) is 52.2 Å². The van der Waals surface area contributed by atoms with E-state index in [1.165, 1.54) is 6.20 Å². The highest BCUT2D eigenvalue weighted by Gasteiger charge is 2.32. The van der Waals surface area contributed by atoms with Gasteiger partial charge in [-0.2, -0.15) is 9.45 Å². The fraction of sp³-hybridized carbons (Fsp3) is 0.667. The fourth-order valence-electron chi connectivity index (χ4n) is 2.05. The molecule has 0 radical (unpaired) electrons. The van der Waals surface area contributed by atoms with Gasteiger partial charge >= 0.3 is 0 Å². The molecule has 1 atom stereocenters. The summed E-state index contributed by atoms with van der Waals surface area (Å²) in [5, 5.41) is 1.96. The molecule has 1 aliphatic rings. The van der Waals surface area contributed by atoms with Crippen LogP contribution in [0.25, 0.3) is 0 Å². The van der Waals surface area contributed by atoms with Gasteiger partial charge < -0.3 is 4.74 Å². The summed E-state index contributed by atoms with van der Waals surface area (Å²) in [5.41, 5.74) is 0.393. The topological polar surface area (TPSA) is 34.6 Å². The minimum atomic E-state index is -0.416. The molecule has 1 aliphatic heterocycles. The number of ether oxygens (including phenoxy) is 1. The SMILES string of the molecule is CCc1cc(OC[C@@H]2CCN2OC(C)(C)C)cnc1F. The van der Waals surface area contributed by atoms with Gasteiger partial charge in [0.1, 0.15) is 12.4 Å². The number of hydroxylamine groups is 2. The van der Waals surface area contributed by atoms with Gasteiger partial charge in [0, 0.05) is 12.1 Å². The fourth-order valence-corrected chi connectivity index (χ4v) is 2.05. The lowest BCUT2D eigenvalue weighted by Crippen LogP contribution is -2.53. The number of halogens is 1. The smallest absolute Gasteiger partial charge is 0.216 e. The summed E-state index contributed by atoms with van der Waals surface area (Å²) in [7, 11) is 0. The number of hydrogen-bond acceptors (Lipinski definition) is 4. The van der Waals surface area contributed by atoms with Crippen molar-refractivity contribution < 1.29 is 14.0 Å². The van der Waals surface area contributed by atoms with Gasteiger partial charge in [-0.15, -0.1) is 0 Å². The zero-order chi connectivity index (χ0) is 14.8. The van der Waals surface area contributed by atoms with Crippen molar-refractivity contribution in [3.05, 3.63) is 23.8 Å². The highest BCUT2D eigenvalue weighted by atomic mass is 19.1. The third kappa shape index (κ3) is 3.90. The van der Waals surface area contributed by atoms with E-state index in [0.717, 1.165) is 13.0 Å². The minimum Gasteiger partial charge on any atom is -0.490 e. The second-order valence-corrected chi connectivity index (χ2v) is 6.07. The Bertz CT molecular complexity index is 460. The van der Waals surface area contributed by atoms with E-state index in [9.17, 15) is 4.39 Å². The Morgan fingerprint density at radius 2 is 2.20 bits per heavy atom. The van der Waals surface area contributed by atoms with Crippen molar-refractivity contribution in [3.63, 3.8) is 0 Å². The maximum atomic E-state index is 13.3. The molecule has 0 N–H and O–H groups in total. The van der Waals surface area contributed by atoms with Gasteiger partial charge in [0.25, 0.3) is 0 Å². The quantitative estimate of drug-likeness (QED) is 0.778. The Morgan fingerprint density at radius 3 is 2.75 bits per heavy atom. The zero-order valence-electron chi connectivity index (χ0n) is 12.6. The summed E-state index contributed by atoms with van der Waals surface area (Å²) in [4.78, 5) is 9.53. The Balaban J connectivity index is 1.86. The number of aromatic nitrogens is 1. The molecule has 4 nitrogen and oxygen atoms in total. The molecule has 0 amide bonds. The maximum Gasteiger partial charge on any atom is 0.216 e. The molecule has 20 heavy (non-hydrogen) atoms. The van der Waals surface area contributed by atoms with Crippen molar-refractivity contribution in [2.75, 3.05) is 13.2 Å². The van der Waals surface area contributed by atoms with E-state index in [1.807, 2.05) is 32.8 Å². The molecular formula is C15H23FN2O2. The van der Waals surface area contributed by atoms with Crippen LogP contribution in [0.4, 0.5) is 4.39 Å². The third-order valence-corrected chi connectivity index (χ3v) is 3.19. The summed E-state index contributed by atoms with van der Waals surface area (Å²) >= 11 is 0. The van der Waals surface area contributed by atoms with Crippen molar-refractivity contribution in [1.29, 1.82) is 0 Å². The molecule has 1 saturated heterocycles. The molecule has 0 spiro atoms. The predicted octanol–water partition coefficient (Wildman–Crippen LogP) is 2.97. The summed E-state index contributed by atoms with van der Waals surface area (Å²) in [5.74, 6) is 0.201. The first-order chi connectivity index (χ1) is 9.39. The molecule has 0 aliphatic carbocycles. The maximum absolute atomic E-state index is 13.3. The highest BCUT2D eigenvalue weighted by molar-refractivity contribution is 5.24. The lowest BCUT2D eigenvalue weighted by molar-refractivity contribution is -0.288. The lowest BCUT2D eigenvalue weighted by atomic mass is 10.1. The summed E-state index contributed by atoms with van der Waals surface area (Å²) in [6, 6.07) is 1.97. The van der Waals surface area contributed by atoms with Gasteiger partial charge in [0.15, 0.2) is 0 Å². The number of hydrogen-bond donors (Lipinski definition) is 0. The van der Waals surface area contributed by atoms with Crippen LogP contribution in [0.5, 0.6) is 5.75 Å². The molecule has 5 heteroatoms. The predicted molar refractivity (Wildman–Crippen MR) is 75.0 cm³/mol. The van der Waals surface area contributed by atoms with E-state index in [0.29, 0.717) is 24.3 Å². The zero-order valence-corrected chi connectivity index (χ0v) is 12.6. The van der Waals surface area contributed by atoms with Gasteiger partial charge in [0.05, 0.1) is 17.8 Å². The average Bonchev–Trinajstić information content (AvgIpc) is 2.36. The van der Waals surface area contributed by atoms with E-state index in [-0.39, 0.29) is 11.6 Å². The van der Waals surface area contributed by atoms with Crippen molar-refractivity contribution in [1.82, 2.24) is 10.0 Å². The van der Waals surface area contributed by atoms with Gasteiger partial charge in [-0.3, -0.25) is 4.84 Å². The number of pyridine rings is 1. The highest BCUT2D eigenvalue weighted by Crippen LogP contribution is 2.24. The monoisotopic (exact) mass is 282 g/mol. The first-order valence-corrected chi connectivity index (χ1v) is 7.12. The summed E-state index contributed by atoms with van der Waals surface area (Å²) in [6.07, 6.45) is 3.09. The molecule has 0 saturated carbocycles. The van der Waals surface area contributed by atoms with Gasteiger partial charge in [-0.05, 0) is 39.7 Å². The van der Waals surface area contributed by atoms with Crippen LogP contribution in [-0.2, 0) is 11.3 Å². The van der Waals surface area contributed by atoms with Gasteiger partial charge in [0.2, 0.25) is 5.95 Å². The van der Waals surface area contributed by atoms with E-state index in [1.54, 1.807) is 6.07 Å². The van der Waals surface area contributed by atoms with E-state index in [4.69, 9.17) is 9.57 Å². The minimum absolute atomic E-state index is 0.189. The second-order valence-electron chi connectivity index (χ2n) is 6.07. The third-order valence-electron chi connectivity index (χ3n) is 3.19. The lowest BCUT2D eigenvalue weighted by Gasteiger charge is -2.42. The molecule has 0 bridgehead atoms. The molecule has 1 fully saturated rings. The molecule has 2 rings (SSSR count). The summed E-state index contributed by atoms with van der Waals surface area (Å²) < 4.78 is 19.0. The van der Waals surface area contributed by atoms with Crippen molar-refractivity contribution in [2.24, 2.45) is 0 Å². The number of aryl methyl sites for hydroxylation is 1. The number of rotatable bonds is 5. The Kier molecular flexibility index (Phi) is 4.60. The van der Waals surface area contributed by atoms with E-state index in [2.05, 4.69) is 4.98 Å². The first kappa shape index (κ1) is 15.2. The van der Waals surface area contributed by atoms with Crippen molar-refractivity contribution >= 4 is 0 Å². The second kappa shape index (κ2) is 6.06. The van der Waals surface area contributed by atoms with Crippen LogP contribution in [0, 0.1) is 5.95 Å². The Morgan fingerprint density at radius 1 is 1.45 bits per heavy atom. The Hall–Kier alpha value is -1.20. The van der Waals surface area contributed by atoms with Gasteiger partial charge in [-0.25, -0.2) is 4.98 Å². The van der Waals surface area contributed by atoms with Crippen LogP contribution in [0.1, 0.15) is 39.7 Å². The van der Waals surface area contributed by atoms with Crippen LogP contribution >= 0.6 is 0 Å². The largest absolute Gasteiger partial charge is 0.490 e. The molecule has 1 aromatic heterocycles. The van der Waals surface area contributed by atoms with Crippen LogP contribution in [0.15, 0.2) is 12.3 Å². The average molecular weight is 282 g/mol. The normalized spacial score (nSPS) is 19.8. The standard InChI is InChI=1S/C15H23FN2O2/c1-5-11-8-13(9-17-14(11)16)19-10-12-6-7-18(12)20-15(2,3)4/h8-9,12H,5-7,10H2,1-4H3/t12-/m0/s1. The molecule has 2 heterocycles. The van der Waals surface area contributed by atoms with E-state index < -0.39 is 5.95 Å². The van der Waals surface area contributed by atoms with Crippen LogP contribution in [0.3, 0.4) is 0 Å². The molecular weight excluding hydrogens is 259 g/mol. The Labute approximate surface area is 119 Å². The van der Waals surface area contributed by atoms with Crippen LogP contribution in [-0.4, -0.2) is 34.8 Å². The van der Waals surface area contributed by atoms with E-state index >= 15 is 0 Å². The summed E-state index contributed by atoms with van der Waals surface area (Å²) in [6.45, 7) is 9.44. The van der Waals surface area contributed by atoms with Crippen LogP contribution in [0.2, 0.25) is 0 Å². The molecule has 0 aromatic carbocycles. The van der Waals surface area contributed by atoms with Gasteiger partial charge in [-0.1, -0.05) is 6.92 Å². The first-order valence-electron chi connectivity index (χ1n) is 7.12.